The zero-order valence-corrected chi connectivity index (χ0v) is 14.7. The van der Waals surface area contributed by atoms with Gasteiger partial charge in [0.25, 0.3) is 5.91 Å². The summed E-state index contributed by atoms with van der Waals surface area (Å²) in [5.74, 6) is 0.454. The molecule has 2 aliphatic rings. The van der Waals surface area contributed by atoms with Crippen LogP contribution < -0.4 is 0 Å². The Morgan fingerprint density at radius 2 is 1.74 bits per heavy atom. The highest BCUT2D eigenvalue weighted by Gasteiger charge is 2.36. The molecule has 1 saturated heterocycles. The first-order valence-electron chi connectivity index (χ1n) is 9.10. The molecule has 142 valence electrons. The second-order valence-electron chi connectivity index (χ2n) is 7.16. The molecule has 0 bridgehead atoms. The van der Waals surface area contributed by atoms with E-state index in [-0.39, 0.29) is 12.0 Å². The molecule has 0 spiro atoms. The molecule has 1 aliphatic heterocycles. The molecule has 3 nitrogen and oxygen atoms in total. The van der Waals surface area contributed by atoms with E-state index in [1.54, 1.807) is 35.2 Å². The summed E-state index contributed by atoms with van der Waals surface area (Å²) in [5, 5.41) is 0. The van der Waals surface area contributed by atoms with Crippen LogP contribution in [-0.4, -0.2) is 36.6 Å². The van der Waals surface area contributed by atoms with Crippen molar-refractivity contribution in [2.45, 2.75) is 25.1 Å². The first kappa shape index (κ1) is 18.0. The van der Waals surface area contributed by atoms with E-state index >= 15 is 0 Å². The maximum absolute atomic E-state index is 13.0. The summed E-state index contributed by atoms with van der Waals surface area (Å²) in [5.41, 5.74) is 0.829. The van der Waals surface area contributed by atoms with E-state index in [2.05, 4.69) is 0 Å². The Kier molecular flexibility index (Phi) is 4.68. The minimum Gasteiger partial charge on any atom is -0.374 e. The first-order chi connectivity index (χ1) is 12.9. The van der Waals surface area contributed by atoms with Crippen LogP contribution in [0.1, 0.15) is 28.8 Å². The highest BCUT2D eigenvalue weighted by atomic mass is 19.4. The van der Waals surface area contributed by atoms with Gasteiger partial charge in [0.05, 0.1) is 18.3 Å². The highest BCUT2D eigenvalue weighted by Crippen LogP contribution is 2.36. The Labute approximate surface area is 155 Å². The van der Waals surface area contributed by atoms with Gasteiger partial charge < -0.3 is 9.64 Å². The molecule has 0 unspecified atom stereocenters. The van der Waals surface area contributed by atoms with E-state index in [1.807, 2.05) is 0 Å². The molecular formula is C21H20F3NO2. The second-order valence-corrected chi connectivity index (χ2v) is 7.16. The molecule has 0 aromatic heterocycles. The van der Waals surface area contributed by atoms with Crippen molar-refractivity contribution in [1.82, 2.24) is 4.90 Å². The molecule has 1 saturated carbocycles. The minimum atomic E-state index is -4.39. The van der Waals surface area contributed by atoms with Crippen LogP contribution in [0.4, 0.5) is 13.2 Å². The van der Waals surface area contributed by atoms with Gasteiger partial charge in [0, 0.05) is 18.7 Å². The van der Waals surface area contributed by atoms with Crippen molar-refractivity contribution in [3.63, 3.8) is 0 Å². The van der Waals surface area contributed by atoms with Gasteiger partial charge >= 0.3 is 6.18 Å². The van der Waals surface area contributed by atoms with Gasteiger partial charge in [0.2, 0.25) is 0 Å². The Morgan fingerprint density at radius 3 is 2.44 bits per heavy atom. The maximum atomic E-state index is 13.0. The van der Waals surface area contributed by atoms with Crippen LogP contribution in [0.2, 0.25) is 0 Å². The summed E-state index contributed by atoms with van der Waals surface area (Å²) in [6.45, 7) is 1.65. The number of alkyl halides is 3. The summed E-state index contributed by atoms with van der Waals surface area (Å²) in [6.07, 6.45) is -1.99. The van der Waals surface area contributed by atoms with Crippen molar-refractivity contribution in [2.75, 3.05) is 19.7 Å². The third-order valence-electron chi connectivity index (χ3n) is 5.16. The number of benzene rings is 2. The predicted molar refractivity (Wildman–Crippen MR) is 95.2 cm³/mol. The van der Waals surface area contributed by atoms with Crippen molar-refractivity contribution in [2.24, 2.45) is 5.92 Å². The van der Waals surface area contributed by atoms with E-state index < -0.39 is 11.7 Å². The van der Waals surface area contributed by atoms with Crippen LogP contribution in [0, 0.1) is 5.92 Å². The number of nitrogens with zero attached hydrogens (tertiary/aromatic N) is 1. The van der Waals surface area contributed by atoms with E-state index in [9.17, 15) is 18.0 Å². The molecular weight excluding hydrogens is 355 g/mol. The number of rotatable bonds is 3. The summed E-state index contributed by atoms with van der Waals surface area (Å²) < 4.78 is 44.7. The van der Waals surface area contributed by atoms with E-state index in [1.165, 1.54) is 6.07 Å². The molecule has 2 aromatic rings. The molecule has 2 aromatic carbocycles. The molecule has 27 heavy (non-hydrogen) atoms. The van der Waals surface area contributed by atoms with Crippen molar-refractivity contribution < 1.29 is 22.7 Å². The quantitative estimate of drug-likeness (QED) is 0.783. The Balaban J connectivity index is 1.56. The normalized spacial score (nSPS) is 20.6. The van der Waals surface area contributed by atoms with Crippen LogP contribution >= 0.6 is 0 Å². The number of hydrogen-bond donors (Lipinski definition) is 0. The molecule has 1 amide bonds. The molecule has 1 heterocycles. The highest BCUT2D eigenvalue weighted by molar-refractivity contribution is 5.95. The molecule has 6 heteroatoms. The third-order valence-corrected chi connectivity index (χ3v) is 5.16. The summed E-state index contributed by atoms with van der Waals surface area (Å²) >= 11 is 0. The lowest BCUT2D eigenvalue weighted by Crippen LogP contribution is -2.46. The van der Waals surface area contributed by atoms with Crippen LogP contribution in [0.5, 0.6) is 0 Å². The average molecular weight is 375 g/mol. The van der Waals surface area contributed by atoms with E-state index in [4.69, 9.17) is 4.74 Å². The van der Waals surface area contributed by atoms with Crippen LogP contribution in [0.3, 0.4) is 0 Å². The standard InChI is InChI=1S/C21H20F3NO2/c22-21(23,24)18-6-2-4-16(12-18)15-3-1-5-17(11-15)20(26)25-9-10-27-19(13-25)14-7-8-14/h1-6,11-12,14,19H,7-10,13H2/t19-/m0/s1. The number of halogens is 3. The lowest BCUT2D eigenvalue weighted by Gasteiger charge is -2.33. The molecule has 0 radical (unpaired) electrons. The van der Waals surface area contributed by atoms with Crippen molar-refractivity contribution in [1.29, 1.82) is 0 Å². The van der Waals surface area contributed by atoms with Crippen LogP contribution in [0.15, 0.2) is 48.5 Å². The van der Waals surface area contributed by atoms with E-state index in [0.717, 1.165) is 25.0 Å². The number of morpholine rings is 1. The number of carbonyl (C=O) groups is 1. The van der Waals surface area contributed by atoms with Crippen molar-refractivity contribution in [3.05, 3.63) is 59.7 Å². The Hall–Kier alpha value is -2.34. The zero-order valence-electron chi connectivity index (χ0n) is 14.7. The number of carbonyl (C=O) groups excluding carboxylic acids is 1. The number of amides is 1. The third kappa shape index (κ3) is 4.00. The van der Waals surface area contributed by atoms with Gasteiger partial charge in [-0.2, -0.15) is 13.2 Å². The summed E-state index contributed by atoms with van der Waals surface area (Å²) in [4.78, 5) is 14.7. The fourth-order valence-corrected chi connectivity index (χ4v) is 3.50. The molecule has 4 rings (SSSR count). The van der Waals surface area contributed by atoms with Gasteiger partial charge in [0.1, 0.15) is 0 Å². The zero-order chi connectivity index (χ0) is 19.0. The van der Waals surface area contributed by atoms with Crippen molar-refractivity contribution >= 4 is 5.91 Å². The Bertz CT molecular complexity index is 845. The topological polar surface area (TPSA) is 29.5 Å². The summed E-state index contributed by atoms with van der Waals surface area (Å²) in [6, 6.07) is 12.0. The monoisotopic (exact) mass is 375 g/mol. The SMILES string of the molecule is O=C(c1cccc(-c2cccc(C(F)(F)F)c2)c1)N1CCO[C@H](C2CC2)C1. The summed E-state index contributed by atoms with van der Waals surface area (Å²) in [7, 11) is 0. The fraction of sp³-hybridized carbons (Fsp3) is 0.381. The van der Waals surface area contributed by atoms with Gasteiger partial charge in [-0.1, -0.05) is 24.3 Å². The molecule has 2 fully saturated rings. The maximum Gasteiger partial charge on any atom is 0.416 e. The van der Waals surface area contributed by atoms with Gasteiger partial charge in [-0.05, 0) is 54.2 Å². The number of hydrogen-bond acceptors (Lipinski definition) is 2. The first-order valence-corrected chi connectivity index (χ1v) is 9.10. The van der Waals surface area contributed by atoms with Crippen LogP contribution in [0.25, 0.3) is 11.1 Å². The average Bonchev–Trinajstić information content (AvgIpc) is 3.52. The van der Waals surface area contributed by atoms with Crippen LogP contribution in [-0.2, 0) is 10.9 Å². The largest absolute Gasteiger partial charge is 0.416 e. The molecule has 0 N–H and O–H groups in total. The number of ether oxygens (including phenoxy) is 1. The smallest absolute Gasteiger partial charge is 0.374 e. The Morgan fingerprint density at radius 1 is 1.04 bits per heavy atom. The molecule has 1 aliphatic carbocycles. The van der Waals surface area contributed by atoms with Gasteiger partial charge in [0.15, 0.2) is 0 Å². The van der Waals surface area contributed by atoms with Crippen molar-refractivity contribution in [3.8, 4) is 11.1 Å². The predicted octanol–water partition coefficient (Wildman–Crippen LogP) is 4.62. The minimum absolute atomic E-state index is 0.0993. The lowest BCUT2D eigenvalue weighted by atomic mass is 10.00. The molecule has 1 atom stereocenters. The second kappa shape index (κ2) is 7.00. The van der Waals surface area contributed by atoms with Gasteiger partial charge in [-0.15, -0.1) is 0 Å². The van der Waals surface area contributed by atoms with E-state index in [0.29, 0.717) is 42.3 Å². The lowest BCUT2D eigenvalue weighted by molar-refractivity contribution is -0.137. The van der Waals surface area contributed by atoms with Gasteiger partial charge in [-0.25, -0.2) is 0 Å². The fourth-order valence-electron chi connectivity index (χ4n) is 3.50. The van der Waals surface area contributed by atoms with Gasteiger partial charge in [-0.3, -0.25) is 4.79 Å².